The fourth-order valence-electron chi connectivity index (χ4n) is 2.00. The number of benzene rings is 2. The van der Waals surface area contributed by atoms with Gasteiger partial charge in [0.2, 0.25) is 0 Å². The zero-order chi connectivity index (χ0) is 17.2. The predicted octanol–water partition coefficient (Wildman–Crippen LogP) is 2.66. The van der Waals surface area contributed by atoms with Gasteiger partial charge in [-0.3, -0.25) is 4.79 Å². The van der Waals surface area contributed by atoms with E-state index in [-0.39, 0.29) is 12.5 Å². The van der Waals surface area contributed by atoms with Crippen LogP contribution in [-0.4, -0.2) is 32.4 Å². The van der Waals surface area contributed by atoms with Gasteiger partial charge in [0, 0.05) is 5.69 Å². The highest BCUT2D eigenvalue weighted by atomic mass is 16.5. The van der Waals surface area contributed by atoms with E-state index >= 15 is 0 Å². The molecule has 1 amide bonds. The molecule has 0 aliphatic heterocycles. The van der Waals surface area contributed by atoms with E-state index in [0.29, 0.717) is 18.1 Å². The second kappa shape index (κ2) is 9.19. The van der Waals surface area contributed by atoms with Gasteiger partial charge in [0.15, 0.2) is 11.5 Å². The van der Waals surface area contributed by atoms with Crippen LogP contribution >= 0.6 is 0 Å². The van der Waals surface area contributed by atoms with Crippen LogP contribution in [0.4, 0.5) is 5.69 Å². The van der Waals surface area contributed by atoms with Gasteiger partial charge in [0.05, 0.1) is 26.5 Å². The van der Waals surface area contributed by atoms with Gasteiger partial charge >= 0.3 is 0 Å². The zero-order valence-electron chi connectivity index (χ0n) is 13.8. The molecule has 2 rings (SSSR count). The number of methoxy groups -OCH3 is 1. The second-order valence-electron chi connectivity index (χ2n) is 4.86. The largest absolute Gasteiger partial charge is 0.493 e. The Morgan fingerprint density at radius 2 is 1.96 bits per heavy atom. The molecule has 2 aromatic carbocycles. The maximum Gasteiger partial charge on any atom is 0.259 e. The summed E-state index contributed by atoms with van der Waals surface area (Å²) in [6, 6.07) is 14.9. The van der Waals surface area contributed by atoms with Crippen molar-refractivity contribution in [1.29, 1.82) is 0 Å². The Kier molecular flexibility index (Phi) is 6.64. The number of ether oxygens (including phenoxy) is 2. The molecular weight excluding hydrogens is 306 g/mol. The maximum absolute atomic E-state index is 11.7. The fourth-order valence-corrected chi connectivity index (χ4v) is 2.00. The summed E-state index contributed by atoms with van der Waals surface area (Å²) in [5.74, 6) is 1.07. The smallest absolute Gasteiger partial charge is 0.259 e. The molecule has 0 atom stereocenters. The minimum absolute atomic E-state index is 0.147. The van der Waals surface area contributed by atoms with Gasteiger partial charge in [-0.25, -0.2) is 5.43 Å². The molecular formula is C18H21N3O3. The summed E-state index contributed by atoms with van der Waals surface area (Å²) in [6.07, 6.45) is 1.56. The quantitative estimate of drug-likeness (QED) is 0.577. The third kappa shape index (κ3) is 5.31. The van der Waals surface area contributed by atoms with Crippen LogP contribution in [-0.2, 0) is 4.79 Å². The highest BCUT2D eigenvalue weighted by Gasteiger charge is 2.04. The van der Waals surface area contributed by atoms with Gasteiger partial charge in [-0.1, -0.05) is 18.2 Å². The van der Waals surface area contributed by atoms with Gasteiger partial charge in [-0.05, 0) is 42.8 Å². The van der Waals surface area contributed by atoms with E-state index < -0.39 is 0 Å². The topological polar surface area (TPSA) is 72.0 Å². The first kappa shape index (κ1) is 17.3. The van der Waals surface area contributed by atoms with Crippen LogP contribution in [0.5, 0.6) is 11.5 Å². The van der Waals surface area contributed by atoms with Crippen LogP contribution in [0.3, 0.4) is 0 Å². The molecule has 0 fully saturated rings. The number of hydrazone groups is 1. The van der Waals surface area contributed by atoms with Crippen molar-refractivity contribution in [2.45, 2.75) is 6.92 Å². The number of nitrogens with one attached hydrogen (secondary N) is 2. The van der Waals surface area contributed by atoms with Crippen molar-refractivity contribution in [3.05, 3.63) is 54.1 Å². The molecule has 0 bridgehead atoms. The number of hydrogen-bond acceptors (Lipinski definition) is 5. The molecule has 2 N–H and O–H groups in total. The first-order chi connectivity index (χ1) is 11.7. The average Bonchev–Trinajstić information content (AvgIpc) is 2.61. The molecule has 0 spiro atoms. The van der Waals surface area contributed by atoms with Gasteiger partial charge in [-0.2, -0.15) is 5.10 Å². The molecule has 0 aliphatic carbocycles. The molecule has 0 aromatic heterocycles. The van der Waals surface area contributed by atoms with E-state index in [2.05, 4.69) is 15.8 Å². The lowest BCUT2D eigenvalue weighted by Crippen LogP contribution is -2.25. The second-order valence-corrected chi connectivity index (χ2v) is 4.86. The van der Waals surface area contributed by atoms with E-state index in [0.717, 1.165) is 11.3 Å². The number of carbonyl (C=O) groups excluding carboxylic acids is 1. The molecule has 0 heterocycles. The van der Waals surface area contributed by atoms with Gasteiger partial charge in [0.1, 0.15) is 0 Å². The lowest BCUT2D eigenvalue weighted by atomic mass is 10.2. The molecule has 6 heteroatoms. The van der Waals surface area contributed by atoms with Crippen molar-refractivity contribution in [2.24, 2.45) is 5.10 Å². The number of rotatable bonds is 8. The molecule has 6 nitrogen and oxygen atoms in total. The molecule has 0 unspecified atom stereocenters. The molecule has 2 aromatic rings. The summed E-state index contributed by atoms with van der Waals surface area (Å²) in [5, 5.41) is 6.96. The first-order valence-corrected chi connectivity index (χ1v) is 7.64. The van der Waals surface area contributed by atoms with Crippen molar-refractivity contribution in [2.75, 3.05) is 25.6 Å². The monoisotopic (exact) mass is 327 g/mol. The number of para-hydroxylation sites is 1. The summed E-state index contributed by atoms with van der Waals surface area (Å²) in [5.41, 5.74) is 4.16. The SMILES string of the molecule is CCOc1cc(/C=N\NC(=O)CNc2ccccc2)ccc1OC. The van der Waals surface area contributed by atoms with Crippen molar-refractivity contribution in [1.82, 2.24) is 5.43 Å². The summed E-state index contributed by atoms with van der Waals surface area (Å²) in [4.78, 5) is 11.7. The Bertz CT molecular complexity index is 687. The Hall–Kier alpha value is -3.02. The molecule has 24 heavy (non-hydrogen) atoms. The van der Waals surface area contributed by atoms with Crippen LogP contribution in [0.2, 0.25) is 0 Å². The van der Waals surface area contributed by atoms with Gasteiger partial charge < -0.3 is 14.8 Å². The highest BCUT2D eigenvalue weighted by molar-refractivity contribution is 5.84. The van der Waals surface area contributed by atoms with Crippen molar-refractivity contribution in [3.8, 4) is 11.5 Å². The summed E-state index contributed by atoms with van der Waals surface area (Å²) >= 11 is 0. The zero-order valence-corrected chi connectivity index (χ0v) is 13.8. The molecule has 0 saturated carbocycles. The Morgan fingerprint density at radius 1 is 1.17 bits per heavy atom. The Morgan fingerprint density at radius 3 is 2.67 bits per heavy atom. The van der Waals surface area contributed by atoms with Gasteiger partial charge in [-0.15, -0.1) is 0 Å². The third-order valence-electron chi connectivity index (χ3n) is 3.12. The summed E-state index contributed by atoms with van der Waals surface area (Å²) in [6.45, 7) is 2.59. The maximum atomic E-state index is 11.7. The molecule has 0 radical (unpaired) electrons. The first-order valence-electron chi connectivity index (χ1n) is 7.64. The lowest BCUT2D eigenvalue weighted by molar-refractivity contribution is -0.119. The van der Waals surface area contributed by atoms with Crippen LogP contribution in [0.1, 0.15) is 12.5 Å². The van der Waals surface area contributed by atoms with Crippen LogP contribution in [0.25, 0.3) is 0 Å². The standard InChI is InChI=1S/C18H21N3O3/c1-3-24-17-11-14(9-10-16(17)23-2)12-20-21-18(22)13-19-15-7-5-4-6-8-15/h4-12,19H,3,13H2,1-2H3,(H,21,22)/b20-12-. The minimum Gasteiger partial charge on any atom is -0.493 e. The van der Waals surface area contributed by atoms with Crippen molar-refractivity contribution >= 4 is 17.8 Å². The van der Waals surface area contributed by atoms with Crippen molar-refractivity contribution < 1.29 is 14.3 Å². The van der Waals surface area contributed by atoms with E-state index in [9.17, 15) is 4.79 Å². The number of amides is 1. The number of carbonyl (C=O) groups is 1. The van der Waals surface area contributed by atoms with E-state index in [1.807, 2.05) is 43.3 Å². The lowest BCUT2D eigenvalue weighted by Gasteiger charge is -2.09. The van der Waals surface area contributed by atoms with Crippen LogP contribution in [0.15, 0.2) is 53.6 Å². The van der Waals surface area contributed by atoms with Gasteiger partial charge in [0.25, 0.3) is 5.91 Å². The Labute approximate surface area is 141 Å². The normalized spacial score (nSPS) is 10.4. The summed E-state index contributed by atoms with van der Waals surface area (Å²) in [7, 11) is 1.59. The summed E-state index contributed by atoms with van der Waals surface area (Å²) < 4.78 is 10.7. The van der Waals surface area contributed by atoms with E-state index in [4.69, 9.17) is 9.47 Å². The molecule has 126 valence electrons. The number of hydrogen-bond donors (Lipinski definition) is 2. The minimum atomic E-state index is -0.228. The highest BCUT2D eigenvalue weighted by Crippen LogP contribution is 2.27. The van der Waals surface area contributed by atoms with Crippen LogP contribution in [0, 0.1) is 0 Å². The Balaban J connectivity index is 1.86. The van der Waals surface area contributed by atoms with E-state index in [1.54, 1.807) is 25.5 Å². The predicted molar refractivity (Wildman–Crippen MR) is 94.8 cm³/mol. The van der Waals surface area contributed by atoms with Crippen LogP contribution < -0.4 is 20.2 Å². The fraction of sp³-hybridized carbons (Fsp3) is 0.222. The third-order valence-corrected chi connectivity index (χ3v) is 3.12. The number of anilines is 1. The van der Waals surface area contributed by atoms with E-state index in [1.165, 1.54) is 0 Å². The number of nitrogens with zero attached hydrogens (tertiary/aromatic N) is 1. The average molecular weight is 327 g/mol. The van der Waals surface area contributed by atoms with Crippen molar-refractivity contribution in [3.63, 3.8) is 0 Å². The molecule has 0 aliphatic rings. The molecule has 0 saturated heterocycles.